The number of allylic oxidation sites excluding steroid dienone is 2. The van der Waals surface area contributed by atoms with E-state index in [4.69, 9.17) is 14.6 Å². The average Bonchev–Trinajstić information content (AvgIpc) is 3.79. The number of unbranched alkanes of at least 4 members (excludes halogenated alkanes) is 3. The maximum absolute atomic E-state index is 12.9. The van der Waals surface area contributed by atoms with Crippen molar-refractivity contribution >= 4 is 23.4 Å². The molecule has 0 aromatic carbocycles. The van der Waals surface area contributed by atoms with Crippen molar-refractivity contribution in [3.63, 3.8) is 0 Å². The predicted octanol–water partition coefficient (Wildman–Crippen LogP) is 16.8. The van der Waals surface area contributed by atoms with Crippen LogP contribution in [-0.4, -0.2) is 33.8 Å². The van der Waals surface area contributed by atoms with Gasteiger partial charge in [0.2, 0.25) is 0 Å². The van der Waals surface area contributed by atoms with Crippen molar-refractivity contribution in [1.82, 2.24) is 9.97 Å². The van der Waals surface area contributed by atoms with Crippen molar-refractivity contribution < 1.29 is 23.4 Å². The van der Waals surface area contributed by atoms with Crippen molar-refractivity contribution in [2.24, 2.45) is 23.7 Å². The number of rotatable bonds is 21. The van der Waals surface area contributed by atoms with E-state index in [1.54, 1.807) is 0 Å². The molecule has 3 aromatic heterocycles. The molecule has 0 saturated heterocycles. The van der Waals surface area contributed by atoms with Gasteiger partial charge in [-0.15, -0.1) is 11.3 Å². The van der Waals surface area contributed by atoms with E-state index in [2.05, 4.69) is 106 Å². The highest BCUT2D eigenvalue weighted by Crippen LogP contribution is 2.35. The van der Waals surface area contributed by atoms with Crippen LogP contribution >= 0.6 is 11.3 Å². The Morgan fingerprint density at radius 3 is 1.95 bits per heavy atom. The fourth-order valence-corrected chi connectivity index (χ4v) is 7.25. The molecule has 6 nitrogen and oxygen atoms in total. The number of nitrogens with zero attached hydrogens (tertiary/aromatic N) is 1. The van der Waals surface area contributed by atoms with Crippen LogP contribution in [-0.2, 0) is 9.53 Å². The van der Waals surface area contributed by atoms with Crippen LogP contribution in [0.2, 0.25) is 0 Å². The molecule has 0 bridgehead atoms. The molecule has 3 aromatic rings. The van der Waals surface area contributed by atoms with Crippen molar-refractivity contribution in [3.8, 4) is 10.6 Å². The molecule has 0 aliphatic rings. The predicted molar refractivity (Wildman–Crippen MR) is 261 cm³/mol. The Hall–Kier alpha value is -3.17. The molecule has 0 spiro atoms. The molecule has 4 unspecified atom stereocenters. The van der Waals surface area contributed by atoms with E-state index in [0.717, 1.165) is 65.7 Å². The molecule has 0 saturated carbocycles. The molecule has 9 heteroatoms. The van der Waals surface area contributed by atoms with Gasteiger partial charge in [-0.2, -0.15) is 0 Å². The van der Waals surface area contributed by atoms with Gasteiger partial charge in [-0.25, -0.2) is 13.8 Å². The van der Waals surface area contributed by atoms with Gasteiger partial charge in [0.15, 0.2) is 0 Å². The third-order valence-corrected chi connectivity index (χ3v) is 12.2. The zero-order chi connectivity index (χ0) is 47.0. The van der Waals surface area contributed by atoms with E-state index >= 15 is 0 Å². The summed E-state index contributed by atoms with van der Waals surface area (Å²) in [4.78, 5) is 27.4. The SMILES string of the molecule is CC/C=C(\CC(C)C)c1c[nH]c(=O)c(C)c1.CCC(C)CCOC(CC)(CC(C)CC)C(C)C.CCC(C)c1cc(-c2cccs2)nc(C(F)F)c1.CCCCCC.O=CO. The van der Waals surface area contributed by atoms with Gasteiger partial charge >= 0.3 is 0 Å². The summed E-state index contributed by atoms with van der Waals surface area (Å²) in [5.74, 6) is 3.05. The molecule has 0 fully saturated rings. The minimum absolute atomic E-state index is 0.00384. The quantitative estimate of drug-likeness (QED) is 0.0821. The molecule has 0 aliphatic heterocycles. The maximum Gasteiger partial charge on any atom is 0.290 e. The van der Waals surface area contributed by atoms with Crippen LogP contribution < -0.4 is 5.56 Å². The number of hydrogen-bond acceptors (Lipinski definition) is 5. The third kappa shape index (κ3) is 25.5. The zero-order valence-electron chi connectivity index (χ0n) is 41.1. The van der Waals surface area contributed by atoms with Gasteiger partial charge in [0.1, 0.15) is 5.69 Å². The van der Waals surface area contributed by atoms with E-state index in [1.165, 1.54) is 74.3 Å². The molecule has 0 aliphatic carbocycles. The number of carboxylic acid groups (broad SMARTS) is 1. The topological polar surface area (TPSA) is 92.3 Å². The second-order valence-corrected chi connectivity index (χ2v) is 18.1. The highest BCUT2D eigenvalue weighted by Gasteiger charge is 2.34. The van der Waals surface area contributed by atoms with Crippen molar-refractivity contribution in [2.75, 3.05) is 6.61 Å². The number of pyridine rings is 2. The van der Waals surface area contributed by atoms with Crippen LogP contribution in [0.5, 0.6) is 0 Å². The number of alkyl halides is 2. The second kappa shape index (κ2) is 35.3. The molecule has 3 heterocycles. The lowest BCUT2D eigenvalue weighted by Crippen LogP contribution is -2.40. The lowest BCUT2D eigenvalue weighted by molar-refractivity contribution is -0.122. The largest absolute Gasteiger partial charge is 0.483 e. The molecule has 4 atom stereocenters. The summed E-state index contributed by atoms with van der Waals surface area (Å²) in [5.41, 5.74) is 4.82. The van der Waals surface area contributed by atoms with E-state index in [0.29, 0.717) is 17.5 Å². The summed E-state index contributed by atoms with van der Waals surface area (Å²) in [6.45, 7) is 33.8. The van der Waals surface area contributed by atoms with Crippen LogP contribution in [0.1, 0.15) is 209 Å². The van der Waals surface area contributed by atoms with Crippen LogP contribution in [0.15, 0.2) is 52.8 Å². The Labute approximate surface area is 375 Å². The fraction of sp³-hybridized carbons (Fsp3) is 0.673. The molecule has 0 radical (unpaired) electrons. The summed E-state index contributed by atoms with van der Waals surface area (Å²) in [7, 11) is 0. The molecular weight excluding hydrogens is 787 g/mol. The Morgan fingerprint density at radius 2 is 1.52 bits per heavy atom. The summed E-state index contributed by atoms with van der Waals surface area (Å²) in [5, 5.41) is 8.81. The number of halogens is 2. The number of aromatic amines is 1. The fourth-order valence-electron chi connectivity index (χ4n) is 6.56. The lowest BCUT2D eigenvalue weighted by Gasteiger charge is -2.39. The second-order valence-electron chi connectivity index (χ2n) is 17.2. The minimum Gasteiger partial charge on any atom is -0.483 e. The number of aryl methyl sites for hydroxylation is 1. The average molecular weight is 875 g/mol. The first kappa shape index (κ1) is 59.9. The highest BCUT2D eigenvalue weighted by atomic mass is 32.1. The van der Waals surface area contributed by atoms with Crippen LogP contribution in [0.25, 0.3) is 16.1 Å². The van der Waals surface area contributed by atoms with E-state index in [1.807, 2.05) is 49.7 Å². The number of hydrogen-bond donors (Lipinski definition) is 2. The Balaban J connectivity index is 0. The van der Waals surface area contributed by atoms with Gasteiger partial charge in [0.05, 0.1) is 16.2 Å². The van der Waals surface area contributed by atoms with Crippen molar-refractivity contribution in [3.05, 3.63) is 80.7 Å². The lowest BCUT2D eigenvalue weighted by atomic mass is 9.79. The summed E-state index contributed by atoms with van der Waals surface area (Å²) < 4.78 is 32.1. The Kier molecular flexibility index (Phi) is 34.7. The monoisotopic (exact) mass is 875 g/mol. The maximum atomic E-state index is 12.9. The first-order valence-electron chi connectivity index (χ1n) is 23.3. The van der Waals surface area contributed by atoms with E-state index < -0.39 is 6.43 Å². The standard InChI is InChI=1S/C17H36O.C14H15F2NS.C14H21NO.C6H14.CH2O2/c1-8-15(6)11-12-18-17(10-3,14(4)5)13-16(7)9-2;1-3-9(2)10-7-11(13-5-4-6-18-13)17-12(8-10)14(15)16;1-5-6-12(7-10(2)3)13-8-11(4)14(16)15-9-13;1-3-5-6-4-2;2-1-3/h14-16H,8-13H2,1-7H3;4-9,14H,3H2,1-2H3;6,8-10H,5,7H2,1-4H3,(H,15,16);3-6H2,1-2H3;1H,(H,2,3)/b;;12-6+;;. The number of nitrogens with one attached hydrogen (secondary N) is 1. The Bertz CT molecular complexity index is 1600. The number of thiophene rings is 1. The Morgan fingerprint density at radius 1 is 0.918 bits per heavy atom. The molecule has 3 rings (SSSR count). The number of H-pyrrole nitrogens is 1. The number of aromatic nitrogens is 2. The zero-order valence-corrected chi connectivity index (χ0v) is 42.0. The van der Waals surface area contributed by atoms with Gasteiger partial charge in [-0.1, -0.05) is 148 Å². The molecule has 2 N–H and O–H groups in total. The van der Waals surface area contributed by atoms with Crippen LogP contribution in [0.3, 0.4) is 0 Å². The van der Waals surface area contributed by atoms with Crippen LogP contribution in [0.4, 0.5) is 8.78 Å². The summed E-state index contributed by atoms with van der Waals surface area (Å²) >= 11 is 1.52. The van der Waals surface area contributed by atoms with Gasteiger partial charge in [-0.3, -0.25) is 9.59 Å². The van der Waals surface area contributed by atoms with E-state index in [-0.39, 0.29) is 29.2 Å². The molecular formula is C52H88F2N2O4S. The van der Waals surface area contributed by atoms with E-state index in [9.17, 15) is 13.6 Å². The molecule has 350 valence electrons. The minimum atomic E-state index is -2.52. The van der Waals surface area contributed by atoms with Gasteiger partial charge in [0.25, 0.3) is 18.5 Å². The van der Waals surface area contributed by atoms with Gasteiger partial charge < -0.3 is 14.8 Å². The first-order valence-corrected chi connectivity index (χ1v) is 24.2. The van der Waals surface area contributed by atoms with Gasteiger partial charge in [0, 0.05) is 18.4 Å². The summed E-state index contributed by atoms with van der Waals surface area (Å²) in [6.07, 6.45) is 16.1. The normalized spacial score (nSPS) is 13.6. The molecule has 61 heavy (non-hydrogen) atoms. The number of ether oxygens (including phenoxy) is 1. The molecule has 0 amide bonds. The third-order valence-electron chi connectivity index (χ3n) is 11.3. The van der Waals surface area contributed by atoms with Gasteiger partial charge in [-0.05, 0) is 121 Å². The van der Waals surface area contributed by atoms with Crippen LogP contribution in [0, 0.1) is 30.6 Å². The number of carbonyl (C=O) groups is 1. The van der Waals surface area contributed by atoms with Crippen molar-refractivity contribution in [2.45, 2.75) is 199 Å². The summed E-state index contributed by atoms with van der Waals surface area (Å²) in [6, 6.07) is 9.23. The smallest absolute Gasteiger partial charge is 0.290 e. The van der Waals surface area contributed by atoms with Crippen molar-refractivity contribution in [1.29, 1.82) is 0 Å². The first-order chi connectivity index (χ1) is 28.9. The highest BCUT2D eigenvalue weighted by molar-refractivity contribution is 7.13.